The molecule has 1 fully saturated rings. The Bertz CT molecular complexity index is 1130. The van der Waals surface area contributed by atoms with Gasteiger partial charge >= 0.3 is 0 Å². The van der Waals surface area contributed by atoms with Crippen LogP contribution in [0.2, 0.25) is 0 Å². The van der Waals surface area contributed by atoms with Gasteiger partial charge < -0.3 is 14.8 Å². The predicted octanol–water partition coefficient (Wildman–Crippen LogP) is 3.35. The molecule has 1 aliphatic rings. The molecular weight excluding hydrogens is 408 g/mol. The summed E-state index contributed by atoms with van der Waals surface area (Å²) < 4.78 is 2.25. The average molecular weight is 437 g/mol. The van der Waals surface area contributed by atoms with Gasteiger partial charge in [0.2, 0.25) is 0 Å². The van der Waals surface area contributed by atoms with Gasteiger partial charge in [-0.25, -0.2) is 4.98 Å². The number of carbonyl (C=O) groups is 1. The number of hydrogen-bond donors (Lipinski definition) is 1. The Morgan fingerprint density at radius 2 is 1.91 bits per heavy atom. The van der Waals surface area contributed by atoms with Gasteiger partial charge in [0, 0.05) is 44.5 Å². The number of imidazole rings is 1. The van der Waals surface area contributed by atoms with Gasteiger partial charge in [-0.1, -0.05) is 19.1 Å². The van der Waals surface area contributed by atoms with Crippen LogP contribution < -0.4 is 5.32 Å². The third-order valence-electron chi connectivity index (χ3n) is 5.84. The van der Waals surface area contributed by atoms with Crippen molar-refractivity contribution in [1.29, 1.82) is 0 Å². The minimum atomic E-state index is -0.546. The van der Waals surface area contributed by atoms with Crippen molar-refractivity contribution < 1.29 is 9.72 Å². The summed E-state index contributed by atoms with van der Waals surface area (Å²) in [5, 5.41) is 14.0. The van der Waals surface area contributed by atoms with E-state index in [2.05, 4.69) is 33.7 Å². The van der Waals surface area contributed by atoms with Crippen LogP contribution in [0.1, 0.15) is 29.5 Å². The van der Waals surface area contributed by atoms with Crippen LogP contribution in [-0.2, 0) is 13.1 Å². The van der Waals surface area contributed by atoms with E-state index in [9.17, 15) is 14.9 Å². The molecule has 0 atom stereocenters. The number of amides is 1. The number of rotatable bonds is 7. The molecule has 0 unspecified atom stereocenters. The number of likely N-dealkylation sites (N-methyl/N-ethyl adjacent to an activating group) is 1. The highest BCUT2D eigenvalue weighted by molar-refractivity contribution is 6.07. The van der Waals surface area contributed by atoms with E-state index in [0.29, 0.717) is 5.69 Å². The summed E-state index contributed by atoms with van der Waals surface area (Å²) in [6.07, 6.45) is 0.997. The first-order valence-corrected chi connectivity index (χ1v) is 10.9. The summed E-state index contributed by atoms with van der Waals surface area (Å²) in [6.45, 7) is 7.95. The van der Waals surface area contributed by atoms with Crippen LogP contribution in [0.4, 0.5) is 11.4 Å². The van der Waals surface area contributed by atoms with Gasteiger partial charge in [0.25, 0.3) is 11.6 Å². The maximum absolute atomic E-state index is 12.7. The lowest BCUT2D eigenvalue weighted by Gasteiger charge is -2.32. The molecule has 1 aromatic heterocycles. The van der Waals surface area contributed by atoms with Gasteiger partial charge in [0.15, 0.2) is 0 Å². The van der Waals surface area contributed by atoms with Gasteiger partial charge in [0.1, 0.15) is 11.4 Å². The van der Waals surface area contributed by atoms with Crippen molar-refractivity contribution in [3.8, 4) is 0 Å². The van der Waals surface area contributed by atoms with Gasteiger partial charge in [-0.2, -0.15) is 0 Å². The fourth-order valence-electron chi connectivity index (χ4n) is 4.08. The van der Waals surface area contributed by atoms with Gasteiger partial charge in [-0.3, -0.25) is 19.8 Å². The molecule has 1 N–H and O–H groups in total. The fraction of sp³-hybridized carbons (Fsp3) is 0.391. The molecule has 9 nitrogen and oxygen atoms in total. The van der Waals surface area contributed by atoms with Crippen molar-refractivity contribution in [2.24, 2.45) is 0 Å². The second-order valence-corrected chi connectivity index (χ2v) is 8.19. The highest BCUT2D eigenvalue weighted by atomic mass is 16.6. The topological polar surface area (TPSA) is 96.5 Å². The molecule has 1 saturated heterocycles. The number of nitro benzene ring substituents is 1. The van der Waals surface area contributed by atoms with Crippen LogP contribution >= 0.6 is 0 Å². The predicted molar refractivity (Wildman–Crippen MR) is 124 cm³/mol. The first-order valence-electron chi connectivity index (χ1n) is 10.9. The molecule has 2 aromatic carbocycles. The lowest BCUT2D eigenvalue weighted by atomic mass is 10.1. The molecule has 2 heterocycles. The number of hydrogen-bond acceptors (Lipinski definition) is 6. The van der Waals surface area contributed by atoms with Gasteiger partial charge in [-0.05, 0) is 37.7 Å². The van der Waals surface area contributed by atoms with Crippen molar-refractivity contribution in [1.82, 2.24) is 19.4 Å². The molecule has 0 aliphatic carbocycles. The Morgan fingerprint density at radius 1 is 1.16 bits per heavy atom. The summed E-state index contributed by atoms with van der Waals surface area (Å²) in [6, 6.07) is 11.6. The quantitative estimate of drug-likeness (QED) is 0.451. The number of fused-ring (bicyclic) bond motifs is 1. The van der Waals surface area contributed by atoms with Gasteiger partial charge in [-0.15, -0.1) is 0 Å². The Labute approximate surface area is 186 Å². The van der Waals surface area contributed by atoms with Crippen LogP contribution in [0.5, 0.6) is 0 Å². The fourth-order valence-corrected chi connectivity index (χ4v) is 4.08. The Hall–Kier alpha value is -3.30. The molecular formula is C23H28N6O3. The van der Waals surface area contributed by atoms with E-state index in [-0.39, 0.29) is 11.3 Å². The third kappa shape index (κ3) is 4.63. The van der Waals surface area contributed by atoms with Crippen molar-refractivity contribution in [3.05, 3.63) is 64.0 Å². The van der Waals surface area contributed by atoms with Crippen molar-refractivity contribution >= 4 is 28.3 Å². The average Bonchev–Trinajstić information content (AvgIpc) is 3.11. The smallest absolute Gasteiger partial charge is 0.282 e. The lowest BCUT2D eigenvalue weighted by Crippen LogP contribution is -2.44. The van der Waals surface area contributed by atoms with Crippen LogP contribution in [-0.4, -0.2) is 63.4 Å². The lowest BCUT2D eigenvalue weighted by molar-refractivity contribution is -0.385. The number of benzene rings is 2. The summed E-state index contributed by atoms with van der Waals surface area (Å²) >= 11 is 0. The number of nitrogens with one attached hydrogen (secondary N) is 1. The second kappa shape index (κ2) is 9.46. The first kappa shape index (κ1) is 21.9. The van der Waals surface area contributed by atoms with Gasteiger partial charge in [0.05, 0.1) is 22.5 Å². The monoisotopic (exact) mass is 436 g/mol. The molecule has 0 saturated carbocycles. The number of carbonyl (C=O) groups excluding carboxylic acids is 1. The van der Waals surface area contributed by atoms with E-state index < -0.39 is 10.8 Å². The number of nitrogens with zero attached hydrogens (tertiary/aromatic N) is 5. The second-order valence-electron chi connectivity index (χ2n) is 8.19. The van der Waals surface area contributed by atoms with E-state index in [1.54, 1.807) is 12.1 Å². The molecule has 0 spiro atoms. The molecule has 3 aromatic rings. The number of aryl methyl sites for hydroxylation is 1. The molecule has 1 amide bonds. The number of anilines is 1. The largest absolute Gasteiger partial charge is 0.327 e. The number of piperazine rings is 1. The zero-order valence-electron chi connectivity index (χ0n) is 18.5. The molecule has 4 rings (SSSR count). The van der Waals surface area contributed by atoms with Crippen molar-refractivity contribution in [2.75, 3.05) is 38.5 Å². The van der Waals surface area contributed by atoms with Crippen molar-refractivity contribution in [3.63, 3.8) is 0 Å². The van der Waals surface area contributed by atoms with E-state index in [0.717, 1.165) is 62.5 Å². The Morgan fingerprint density at radius 3 is 2.62 bits per heavy atom. The van der Waals surface area contributed by atoms with Crippen LogP contribution in [0.25, 0.3) is 11.0 Å². The molecule has 0 radical (unpaired) electrons. The molecule has 32 heavy (non-hydrogen) atoms. The summed E-state index contributed by atoms with van der Waals surface area (Å²) in [4.78, 5) is 33.0. The van der Waals surface area contributed by atoms with Crippen LogP contribution in [0, 0.1) is 10.1 Å². The number of nitro groups is 1. The zero-order chi connectivity index (χ0) is 22.7. The minimum absolute atomic E-state index is 0.0323. The maximum Gasteiger partial charge on any atom is 0.282 e. The molecule has 0 bridgehead atoms. The van der Waals surface area contributed by atoms with E-state index in [4.69, 9.17) is 4.98 Å². The van der Waals surface area contributed by atoms with E-state index in [1.165, 1.54) is 12.1 Å². The number of para-hydroxylation sites is 1. The highest BCUT2D eigenvalue weighted by Crippen LogP contribution is 2.24. The highest BCUT2D eigenvalue weighted by Gasteiger charge is 2.21. The van der Waals surface area contributed by atoms with E-state index >= 15 is 0 Å². The zero-order valence-corrected chi connectivity index (χ0v) is 18.5. The molecule has 1 aliphatic heterocycles. The molecule has 9 heteroatoms. The summed E-state index contributed by atoms with van der Waals surface area (Å²) in [7, 11) is 2.14. The third-order valence-corrected chi connectivity index (χ3v) is 5.84. The minimum Gasteiger partial charge on any atom is -0.327 e. The SMILES string of the molecule is CCCn1c(CN2CCN(C)CC2)nc2cc(NC(=O)c3ccccc3[N+](=O)[O-])ccc21. The Kier molecular flexibility index (Phi) is 6.48. The summed E-state index contributed by atoms with van der Waals surface area (Å²) in [5.74, 6) is 0.510. The van der Waals surface area contributed by atoms with Crippen molar-refractivity contribution in [2.45, 2.75) is 26.4 Å². The Balaban J connectivity index is 1.58. The first-order chi connectivity index (χ1) is 15.5. The van der Waals surface area contributed by atoms with Crippen LogP contribution in [0.15, 0.2) is 42.5 Å². The maximum atomic E-state index is 12.7. The normalized spacial score (nSPS) is 15.2. The van der Waals surface area contributed by atoms with E-state index in [1.807, 2.05) is 18.2 Å². The molecule has 168 valence electrons. The number of aromatic nitrogens is 2. The standard InChI is InChI=1S/C23H28N6O3/c1-3-10-28-21-9-8-17(24-23(30)18-6-4-5-7-20(18)29(31)32)15-19(21)25-22(28)16-27-13-11-26(2)12-14-27/h4-9,15H,3,10-14,16H2,1-2H3,(H,24,30). The van der Waals surface area contributed by atoms with Crippen LogP contribution in [0.3, 0.4) is 0 Å². The summed E-state index contributed by atoms with van der Waals surface area (Å²) in [5.41, 5.74) is 2.22.